The Morgan fingerprint density at radius 2 is 1.25 bits per heavy atom. The molecule has 0 aromatic rings. The first-order valence-corrected chi connectivity index (χ1v) is 8.04. The molecule has 0 saturated heterocycles. The molecule has 20 heavy (non-hydrogen) atoms. The van der Waals surface area contributed by atoms with E-state index in [-0.39, 0.29) is 0 Å². The fourth-order valence-corrected chi connectivity index (χ4v) is 0.752. The lowest BCUT2D eigenvalue weighted by Crippen LogP contribution is -1.79. The van der Waals surface area contributed by atoms with Gasteiger partial charge < -0.3 is 0 Å². The number of unbranched alkanes of at least 4 members (excludes halogenated alkanes) is 1. The molecule has 0 heterocycles. The Balaban J connectivity index is -0.000000118. The minimum Gasteiger partial charge on any atom is -0.0990 e. The van der Waals surface area contributed by atoms with Gasteiger partial charge in [0.05, 0.1) is 0 Å². The van der Waals surface area contributed by atoms with Crippen LogP contribution in [0.1, 0.15) is 81.6 Å². The maximum atomic E-state index is 3.87. The third-order valence-corrected chi connectivity index (χ3v) is 1.73. The SMILES string of the molecule is C=C/C=C(\C=C(C)C)C(=C)C.CC.CCC.CCCC. The fraction of sp³-hybridized carbons (Fsp3) is 0.600. The standard InChI is InChI=1S/C11H16.C4H10.C3H8.C2H6/c1-6-7-11(10(4)5)8-9(2)3;1-3-4-2;1-3-2;1-2/h6-8H,1,4H2,2-3,5H3;3-4H2,1-2H3;3H2,1-2H3;1-2H3/b11-7+;;;. The molecule has 0 saturated carbocycles. The van der Waals surface area contributed by atoms with E-state index in [1.165, 1.54) is 24.8 Å². The second kappa shape index (κ2) is 26.5. The van der Waals surface area contributed by atoms with Crippen LogP contribution in [0.2, 0.25) is 0 Å². The molecule has 0 unspecified atom stereocenters. The normalized spacial score (nSPS) is 8.55. The minimum absolute atomic E-state index is 1.08. The highest BCUT2D eigenvalue weighted by Gasteiger charge is 1.90. The van der Waals surface area contributed by atoms with Crippen molar-refractivity contribution in [3.05, 3.63) is 48.1 Å². The molecule has 0 aliphatic heterocycles. The van der Waals surface area contributed by atoms with Gasteiger partial charge in [0.25, 0.3) is 0 Å². The molecule has 0 aliphatic rings. The molecule has 0 aromatic carbocycles. The fourth-order valence-electron chi connectivity index (χ4n) is 0.752. The predicted octanol–water partition coefficient (Wildman–Crippen LogP) is 7.89. The van der Waals surface area contributed by atoms with Gasteiger partial charge in [0.15, 0.2) is 0 Å². The van der Waals surface area contributed by atoms with Crippen molar-refractivity contribution in [3.63, 3.8) is 0 Å². The lowest BCUT2D eigenvalue weighted by molar-refractivity contribution is 0.886. The highest BCUT2D eigenvalue weighted by Crippen LogP contribution is 2.10. The number of hydrogen-bond donors (Lipinski definition) is 0. The van der Waals surface area contributed by atoms with Gasteiger partial charge in [-0.05, 0) is 26.3 Å². The van der Waals surface area contributed by atoms with Crippen molar-refractivity contribution in [2.45, 2.75) is 81.6 Å². The highest BCUT2D eigenvalue weighted by molar-refractivity contribution is 5.39. The van der Waals surface area contributed by atoms with Crippen LogP contribution in [0.3, 0.4) is 0 Å². The highest BCUT2D eigenvalue weighted by atomic mass is 14.0. The van der Waals surface area contributed by atoms with Crippen molar-refractivity contribution in [1.29, 1.82) is 0 Å². The molecule has 0 aromatic heterocycles. The van der Waals surface area contributed by atoms with Gasteiger partial charge in [-0.2, -0.15) is 0 Å². The Labute approximate surface area is 130 Å². The van der Waals surface area contributed by atoms with E-state index in [0.29, 0.717) is 0 Å². The molecule has 0 spiro atoms. The summed E-state index contributed by atoms with van der Waals surface area (Å²) in [6.07, 6.45) is 9.74. The van der Waals surface area contributed by atoms with Gasteiger partial charge in [-0.1, -0.05) is 103 Å². The van der Waals surface area contributed by atoms with Crippen molar-refractivity contribution < 1.29 is 0 Å². The molecule has 0 amide bonds. The molecule has 0 nitrogen and oxygen atoms in total. The van der Waals surface area contributed by atoms with Crippen LogP contribution in [0.4, 0.5) is 0 Å². The van der Waals surface area contributed by atoms with Crippen molar-refractivity contribution in [3.8, 4) is 0 Å². The first-order valence-electron chi connectivity index (χ1n) is 8.04. The van der Waals surface area contributed by atoms with E-state index in [1.807, 2.05) is 26.8 Å². The van der Waals surface area contributed by atoms with Crippen LogP contribution in [-0.4, -0.2) is 0 Å². The predicted molar refractivity (Wildman–Crippen MR) is 100 cm³/mol. The van der Waals surface area contributed by atoms with Crippen LogP contribution >= 0.6 is 0 Å². The Kier molecular flexibility index (Phi) is 36.2. The van der Waals surface area contributed by atoms with Crippen LogP contribution in [0.5, 0.6) is 0 Å². The number of hydrogen-bond acceptors (Lipinski definition) is 0. The van der Waals surface area contributed by atoms with Crippen LogP contribution in [0.25, 0.3) is 0 Å². The summed E-state index contributed by atoms with van der Waals surface area (Å²) in [6, 6.07) is 0. The van der Waals surface area contributed by atoms with Gasteiger partial charge in [0.2, 0.25) is 0 Å². The van der Waals surface area contributed by atoms with Crippen molar-refractivity contribution in [2.24, 2.45) is 0 Å². The van der Waals surface area contributed by atoms with Gasteiger partial charge in [0, 0.05) is 0 Å². The molecule has 0 atom stereocenters. The summed E-state index contributed by atoms with van der Waals surface area (Å²) in [4.78, 5) is 0. The average Bonchev–Trinajstić information content (AvgIpc) is 2.41. The first-order chi connectivity index (χ1) is 9.40. The molecular formula is C20H40. The van der Waals surface area contributed by atoms with E-state index in [4.69, 9.17) is 0 Å². The Morgan fingerprint density at radius 3 is 1.40 bits per heavy atom. The van der Waals surface area contributed by atoms with Gasteiger partial charge in [-0.25, -0.2) is 0 Å². The van der Waals surface area contributed by atoms with Crippen LogP contribution in [-0.2, 0) is 0 Å². The van der Waals surface area contributed by atoms with Crippen molar-refractivity contribution in [1.82, 2.24) is 0 Å². The van der Waals surface area contributed by atoms with Gasteiger partial charge in [-0.3, -0.25) is 0 Å². The maximum Gasteiger partial charge on any atom is -0.0234 e. The summed E-state index contributed by atoms with van der Waals surface area (Å²) in [6.45, 7) is 26.3. The van der Waals surface area contributed by atoms with E-state index in [2.05, 4.69) is 60.8 Å². The summed E-state index contributed by atoms with van der Waals surface area (Å²) in [7, 11) is 0. The second-order valence-electron chi connectivity index (χ2n) is 4.57. The lowest BCUT2D eigenvalue weighted by Gasteiger charge is -1.99. The van der Waals surface area contributed by atoms with E-state index >= 15 is 0 Å². The third kappa shape index (κ3) is 36.0. The zero-order valence-corrected chi connectivity index (χ0v) is 15.8. The third-order valence-electron chi connectivity index (χ3n) is 1.73. The summed E-state index contributed by atoms with van der Waals surface area (Å²) >= 11 is 0. The molecule has 0 heteroatoms. The molecule has 0 N–H and O–H groups in total. The maximum absolute atomic E-state index is 3.87. The van der Waals surface area contributed by atoms with Crippen LogP contribution in [0, 0.1) is 0 Å². The summed E-state index contributed by atoms with van der Waals surface area (Å²) in [5.41, 5.74) is 3.51. The summed E-state index contributed by atoms with van der Waals surface area (Å²) in [5.74, 6) is 0. The minimum atomic E-state index is 1.08. The molecule has 0 fully saturated rings. The number of rotatable bonds is 4. The smallest absolute Gasteiger partial charge is 0.0234 e. The van der Waals surface area contributed by atoms with E-state index in [1.54, 1.807) is 6.08 Å². The average molecular weight is 281 g/mol. The van der Waals surface area contributed by atoms with E-state index in [0.717, 1.165) is 11.1 Å². The Hall–Kier alpha value is -1.04. The molecule has 0 radical (unpaired) electrons. The Bertz CT molecular complexity index is 245. The van der Waals surface area contributed by atoms with E-state index < -0.39 is 0 Å². The van der Waals surface area contributed by atoms with Gasteiger partial charge >= 0.3 is 0 Å². The zero-order valence-electron chi connectivity index (χ0n) is 15.8. The molecule has 0 aliphatic carbocycles. The van der Waals surface area contributed by atoms with Crippen molar-refractivity contribution >= 4 is 0 Å². The monoisotopic (exact) mass is 280 g/mol. The van der Waals surface area contributed by atoms with Crippen LogP contribution in [0.15, 0.2) is 48.1 Å². The first kappa shape index (κ1) is 27.3. The quantitative estimate of drug-likeness (QED) is 0.459. The zero-order chi connectivity index (χ0) is 17.0. The topological polar surface area (TPSA) is 0 Å². The molecule has 0 bridgehead atoms. The van der Waals surface area contributed by atoms with Crippen LogP contribution < -0.4 is 0 Å². The largest absolute Gasteiger partial charge is 0.0990 e. The molecule has 0 rings (SSSR count). The summed E-state index contributed by atoms with van der Waals surface area (Å²) in [5, 5.41) is 0. The number of allylic oxidation sites excluding steroid dienone is 6. The lowest BCUT2D eigenvalue weighted by atomic mass is 10.1. The molecule has 120 valence electrons. The molecular weight excluding hydrogens is 240 g/mol. The van der Waals surface area contributed by atoms with Gasteiger partial charge in [-0.15, -0.1) is 0 Å². The summed E-state index contributed by atoms with van der Waals surface area (Å²) < 4.78 is 0. The Morgan fingerprint density at radius 1 is 0.900 bits per heavy atom. The second-order valence-corrected chi connectivity index (χ2v) is 4.57. The van der Waals surface area contributed by atoms with Crippen molar-refractivity contribution in [2.75, 3.05) is 0 Å². The van der Waals surface area contributed by atoms with Gasteiger partial charge in [0.1, 0.15) is 0 Å². The van der Waals surface area contributed by atoms with E-state index in [9.17, 15) is 0 Å².